The first kappa shape index (κ1) is 20.4. The first-order valence-corrected chi connectivity index (χ1v) is 8.10. The largest absolute Gasteiger partial charge is 0.480 e. The van der Waals surface area contributed by atoms with E-state index in [1.165, 1.54) is 18.2 Å². The van der Waals surface area contributed by atoms with Crippen LogP contribution in [-0.2, 0) is 11.3 Å². The lowest BCUT2D eigenvalue weighted by atomic mass is 10.1. The highest BCUT2D eigenvalue weighted by Crippen LogP contribution is 2.22. The summed E-state index contributed by atoms with van der Waals surface area (Å²) in [7, 11) is 0. The van der Waals surface area contributed by atoms with E-state index in [9.17, 15) is 27.6 Å². The van der Waals surface area contributed by atoms with E-state index in [4.69, 9.17) is 5.11 Å². The molecular formula is C17H18F3N3O4. The van der Waals surface area contributed by atoms with Crippen molar-refractivity contribution in [3.8, 4) is 0 Å². The van der Waals surface area contributed by atoms with E-state index in [2.05, 4.69) is 5.10 Å². The highest BCUT2D eigenvalue weighted by atomic mass is 19.4. The van der Waals surface area contributed by atoms with E-state index in [1.54, 1.807) is 6.07 Å². The molecule has 7 nitrogen and oxygen atoms in total. The molecule has 27 heavy (non-hydrogen) atoms. The number of hydrogen-bond donors (Lipinski definition) is 2. The molecular weight excluding hydrogens is 367 g/mol. The average Bonchev–Trinajstić information content (AvgIpc) is 2.55. The van der Waals surface area contributed by atoms with Crippen LogP contribution < -0.4 is 10.9 Å². The fraction of sp³-hybridized carbons (Fsp3) is 0.412. The molecule has 10 heteroatoms. The van der Waals surface area contributed by atoms with Gasteiger partial charge in [0.1, 0.15) is 6.04 Å². The van der Waals surface area contributed by atoms with Crippen LogP contribution in [-0.4, -0.2) is 39.0 Å². The van der Waals surface area contributed by atoms with Gasteiger partial charge in [-0.05, 0) is 12.0 Å². The number of aliphatic carboxylic acids is 1. The summed E-state index contributed by atoms with van der Waals surface area (Å²) in [6, 6.07) is 3.85. The van der Waals surface area contributed by atoms with Gasteiger partial charge >= 0.3 is 12.1 Å². The molecule has 0 aliphatic heterocycles. The summed E-state index contributed by atoms with van der Waals surface area (Å²) in [6.07, 6.45) is -6.50. The van der Waals surface area contributed by atoms with Crippen LogP contribution in [0.4, 0.5) is 13.2 Å². The zero-order chi connectivity index (χ0) is 20.4. The number of rotatable bonds is 6. The first-order chi connectivity index (χ1) is 12.5. The monoisotopic (exact) mass is 385 g/mol. The number of aromatic nitrogens is 2. The van der Waals surface area contributed by atoms with E-state index in [0.29, 0.717) is 0 Å². The van der Waals surface area contributed by atoms with E-state index in [1.807, 2.05) is 19.2 Å². The molecule has 0 aliphatic carbocycles. The number of carboxylic acids is 1. The number of benzene rings is 1. The van der Waals surface area contributed by atoms with E-state index >= 15 is 0 Å². The van der Waals surface area contributed by atoms with Crippen LogP contribution in [0.5, 0.6) is 0 Å². The van der Waals surface area contributed by atoms with Gasteiger partial charge in [0.05, 0.1) is 11.8 Å². The molecule has 0 radical (unpaired) electrons. The Bertz CT molecular complexity index is 922. The van der Waals surface area contributed by atoms with Gasteiger partial charge in [-0.25, -0.2) is 9.48 Å². The number of nitrogens with one attached hydrogen (secondary N) is 1. The van der Waals surface area contributed by atoms with E-state index in [-0.39, 0.29) is 28.9 Å². The van der Waals surface area contributed by atoms with E-state index < -0.39 is 36.1 Å². The van der Waals surface area contributed by atoms with Crippen LogP contribution in [0.25, 0.3) is 10.8 Å². The lowest BCUT2D eigenvalue weighted by molar-refractivity contribution is -0.157. The Balaban J connectivity index is 2.49. The minimum atomic E-state index is -4.78. The second-order valence-electron chi connectivity index (χ2n) is 6.46. The minimum absolute atomic E-state index is 0.0178. The van der Waals surface area contributed by atoms with Crippen LogP contribution in [0.1, 0.15) is 30.8 Å². The molecule has 1 unspecified atom stereocenters. The summed E-state index contributed by atoms with van der Waals surface area (Å²) in [5, 5.41) is 15.1. The second-order valence-corrected chi connectivity index (χ2v) is 6.46. The molecule has 0 bridgehead atoms. The predicted octanol–water partition coefficient (Wildman–Crippen LogP) is 2.19. The van der Waals surface area contributed by atoms with Crippen molar-refractivity contribution in [1.82, 2.24) is 15.1 Å². The highest BCUT2D eigenvalue weighted by molar-refractivity contribution is 6.05. The predicted molar refractivity (Wildman–Crippen MR) is 90.4 cm³/mol. The average molecular weight is 385 g/mol. The summed E-state index contributed by atoms with van der Waals surface area (Å²) in [6.45, 7) is 3.84. The zero-order valence-electron chi connectivity index (χ0n) is 14.6. The van der Waals surface area contributed by atoms with Crippen LogP contribution in [0, 0.1) is 5.92 Å². The van der Waals surface area contributed by atoms with Gasteiger partial charge < -0.3 is 10.4 Å². The Hall–Kier alpha value is -2.91. The van der Waals surface area contributed by atoms with Gasteiger partial charge in [-0.1, -0.05) is 32.0 Å². The Kier molecular flexibility index (Phi) is 5.87. The van der Waals surface area contributed by atoms with Crippen LogP contribution in [0.3, 0.4) is 0 Å². The van der Waals surface area contributed by atoms with Crippen LogP contribution >= 0.6 is 0 Å². The summed E-state index contributed by atoms with van der Waals surface area (Å²) in [5.41, 5.74) is -0.750. The molecule has 146 valence electrons. The fourth-order valence-corrected chi connectivity index (χ4v) is 2.53. The van der Waals surface area contributed by atoms with Gasteiger partial charge in [-0.2, -0.15) is 18.3 Å². The SMILES string of the molecule is CC(C)Cn1nc(C(=O)NC(CC(F)(F)F)C(=O)O)c2ccccc2c1=O. The van der Waals surface area contributed by atoms with Crippen molar-refractivity contribution in [2.75, 3.05) is 0 Å². The molecule has 2 rings (SSSR count). The summed E-state index contributed by atoms with van der Waals surface area (Å²) >= 11 is 0. The van der Waals surface area contributed by atoms with Crippen molar-refractivity contribution in [2.24, 2.45) is 5.92 Å². The first-order valence-electron chi connectivity index (χ1n) is 8.10. The molecule has 1 atom stereocenters. The number of alkyl halides is 3. The molecule has 2 aromatic rings. The van der Waals surface area contributed by atoms with Crippen molar-refractivity contribution in [3.63, 3.8) is 0 Å². The van der Waals surface area contributed by atoms with Gasteiger partial charge in [0.15, 0.2) is 5.69 Å². The van der Waals surface area contributed by atoms with Crippen molar-refractivity contribution in [1.29, 1.82) is 0 Å². The number of halogens is 3. The van der Waals surface area contributed by atoms with Crippen molar-refractivity contribution in [3.05, 3.63) is 40.3 Å². The van der Waals surface area contributed by atoms with Gasteiger partial charge in [-0.15, -0.1) is 0 Å². The lowest BCUT2D eigenvalue weighted by Crippen LogP contribution is -2.44. The smallest absolute Gasteiger partial charge is 0.391 e. The Morgan fingerprint density at radius 1 is 1.22 bits per heavy atom. The molecule has 2 N–H and O–H groups in total. The third-order valence-electron chi connectivity index (χ3n) is 3.66. The highest BCUT2D eigenvalue weighted by Gasteiger charge is 2.36. The zero-order valence-corrected chi connectivity index (χ0v) is 14.6. The number of fused-ring (bicyclic) bond motifs is 1. The van der Waals surface area contributed by atoms with Gasteiger partial charge in [0, 0.05) is 11.9 Å². The summed E-state index contributed by atoms with van der Waals surface area (Å²) < 4.78 is 38.7. The maximum absolute atomic E-state index is 12.6. The quantitative estimate of drug-likeness (QED) is 0.794. The number of nitrogens with zero attached hydrogens (tertiary/aromatic N) is 2. The molecule has 1 aromatic heterocycles. The number of carbonyl (C=O) groups excluding carboxylic acids is 1. The Morgan fingerprint density at radius 3 is 2.33 bits per heavy atom. The number of carbonyl (C=O) groups is 2. The fourth-order valence-electron chi connectivity index (χ4n) is 2.53. The van der Waals surface area contributed by atoms with Gasteiger partial charge in [0.25, 0.3) is 11.5 Å². The van der Waals surface area contributed by atoms with Crippen molar-refractivity contribution < 1.29 is 27.9 Å². The number of hydrogen-bond acceptors (Lipinski definition) is 4. The number of amides is 1. The molecule has 1 aromatic carbocycles. The third kappa shape index (κ3) is 5.05. The van der Waals surface area contributed by atoms with Crippen LogP contribution in [0.2, 0.25) is 0 Å². The maximum atomic E-state index is 12.6. The Labute approximate surface area is 151 Å². The number of carboxylic acid groups (broad SMARTS) is 1. The molecule has 1 heterocycles. The van der Waals surface area contributed by atoms with Gasteiger partial charge in [-0.3, -0.25) is 9.59 Å². The topological polar surface area (TPSA) is 101 Å². The summed E-state index contributed by atoms with van der Waals surface area (Å²) in [4.78, 5) is 36.1. The maximum Gasteiger partial charge on any atom is 0.391 e. The third-order valence-corrected chi connectivity index (χ3v) is 3.66. The molecule has 0 fully saturated rings. The van der Waals surface area contributed by atoms with E-state index in [0.717, 1.165) is 4.68 Å². The van der Waals surface area contributed by atoms with Gasteiger partial charge in [0.2, 0.25) is 0 Å². The van der Waals surface area contributed by atoms with Crippen LogP contribution in [0.15, 0.2) is 29.1 Å². The molecule has 0 spiro atoms. The lowest BCUT2D eigenvalue weighted by Gasteiger charge is -2.17. The second kappa shape index (κ2) is 7.77. The Morgan fingerprint density at radius 2 is 1.81 bits per heavy atom. The molecule has 0 saturated carbocycles. The molecule has 0 saturated heterocycles. The summed E-state index contributed by atoms with van der Waals surface area (Å²) in [5.74, 6) is -2.90. The van der Waals surface area contributed by atoms with Crippen molar-refractivity contribution in [2.45, 2.75) is 39.0 Å². The standard InChI is InChI=1S/C17H18F3N3O4/c1-9(2)8-23-15(25)11-6-4-3-5-10(11)13(22-23)14(24)21-12(16(26)27)7-17(18,19)20/h3-6,9,12H,7-8H2,1-2H3,(H,21,24)(H,26,27). The molecule has 1 amide bonds. The molecule has 0 aliphatic rings. The minimum Gasteiger partial charge on any atom is -0.480 e. The normalized spacial score (nSPS) is 13.0. The van der Waals surface area contributed by atoms with Crippen molar-refractivity contribution >= 4 is 22.6 Å².